The predicted octanol–water partition coefficient (Wildman–Crippen LogP) is 14.8. The number of benzene rings is 9. The maximum absolute atomic E-state index is 6.68. The lowest BCUT2D eigenvalue weighted by Gasteiger charge is -2.15. The molecule has 0 amide bonds. The fourth-order valence-corrected chi connectivity index (χ4v) is 9.19. The van der Waals surface area contributed by atoms with E-state index >= 15 is 0 Å². The maximum Gasteiger partial charge on any atom is 0.138 e. The number of para-hydroxylation sites is 4. The molecule has 3 heteroatoms. The minimum absolute atomic E-state index is 0.872. The van der Waals surface area contributed by atoms with E-state index in [9.17, 15) is 0 Å². The number of nitrogens with zero attached hydrogens (tertiary/aromatic N) is 2. The van der Waals surface area contributed by atoms with Crippen molar-refractivity contribution >= 4 is 65.6 Å². The third-order valence-corrected chi connectivity index (χ3v) is 11.7. The number of hydrogen-bond acceptors (Lipinski definition) is 1. The van der Waals surface area contributed by atoms with E-state index in [1.54, 1.807) is 0 Å². The van der Waals surface area contributed by atoms with Gasteiger partial charge in [-0.25, -0.2) is 0 Å². The lowest BCUT2D eigenvalue weighted by atomic mass is 9.93. The molecule has 0 saturated heterocycles. The van der Waals surface area contributed by atoms with Gasteiger partial charge in [0.05, 0.1) is 33.1 Å². The van der Waals surface area contributed by atoms with Crippen LogP contribution in [0.5, 0.6) is 0 Å². The number of rotatable bonds is 5. The summed E-state index contributed by atoms with van der Waals surface area (Å²) >= 11 is 0. The normalized spacial score (nSPS) is 11.9. The fourth-order valence-electron chi connectivity index (χ4n) is 9.19. The molecule has 57 heavy (non-hydrogen) atoms. The van der Waals surface area contributed by atoms with Gasteiger partial charge in [-0.3, -0.25) is 0 Å². The summed E-state index contributed by atoms with van der Waals surface area (Å²) < 4.78 is 11.5. The first kappa shape index (κ1) is 31.7. The van der Waals surface area contributed by atoms with Gasteiger partial charge in [0.2, 0.25) is 0 Å². The Morgan fingerprint density at radius 1 is 0.298 bits per heavy atom. The predicted molar refractivity (Wildman–Crippen MR) is 239 cm³/mol. The Morgan fingerprint density at radius 2 is 0.860 bits per heavy atom. The molecule has 0 unspecified atom stereocenters. The van der Waals surface area contributed by atoms with Gasteiger partial charge < -0.3 is 13.6 Å². The average molecular weight is 727 g/mol. The molecule has 12 rings (SSSR count). The Kier molecular flexibility index (Phi) is 6.93. The van der Waals surface area contributed by atoms with E-state index in [4.69, 9.17) is 4.42 Å². The molecule has 0 saturated carbocycles. The van der Waals surface area contributed by atoms with Gasteiger partial charge >= 0.3 is 0 Å². The van der Waals surface area contributed by atoms with Crippen molar-refractivity contribution in [1.29, 1.82) is 0 Å². The van der Waals surface area contributed by atoms with Gasteiger partial charge in [0.15, 0.2) is 0 Å². The summed E-state index contributed by atoms with van der Waals surface area (Å²) in [5, 5.41) is 7.15. The highest BCUT2D eigenvalue weighted by Crippen LogP contribution is 2.44. The summed E-state index contributed by atoms with van der Waals surface area (Å²) in [4.78, 5) is 0. The quantitative estimate of drug-likeness (QED) is 0.173. The van der Waals surface area contributed by atoms with Crippen LogP contribution in [-0.4, -0.2) is 9.13 Å². The summed E-state index contributed by atoms with van der Waals surface area (Å²) in [5.41, 5.74) is 15.7. The Labute approximate surface area is 328 Å². The van der Waals surface area contributed by atoms with Gasteiger partial charge in [0.1, 0.15) is 11.2 Å². The van der Waals surface area contributed by atoms with Crippen molar-refractivity contribution < 1.29 is 4.42 Å². The molecule has 266 valence electrons. The van der Waals surface area contributed by atoms with Crippen molar-refractivity contribution in [2.75, 3.05) is 0 Å². The second-order valence-electron chi connectivity index (χ2n) is 14.9. The molecule has 3 aromatic heterocycles. The van der Waals surface area contributed by atoms with E-state index in [2.05, 4.69) is 215 Å². The molecule has 0 aliphatic rings. The molecule has 0 bridgehead atoms. The first-order chi connectivity index (χ1) is 28.3. The minimum Gasteiger partial charge on any atom is -0.456 e. The Hall–Kier alpha value is -7.62. The molecule has 0 radical (unpaired) electrons. The highest BCUT2D eigenvalue weighted by molar-refractivity contribution is 6.16. The highest BCUT2D eigenvalue weighted by atomic mass is 16.3. The van der Waals surface area contributed by atoms with Crippen molar-refractivity contribution in [3.05, 3.63) is 206 Å². The zero-order chi connectivity index (χ0) is 37.5. The van der Waals surface area contributed by atoms with Crippen LogP contribution in [0.15, 0.2) is 211 Å². The standard InChI is InChI=1S/C54H34N2O/c1-3-15-35(16-4-1)40-19-7-8-20-41(40)38-33-51(54-45-23-11-14-26-52(45)57-53(54)34-38)56-48-25-13-10-22-43(48)46-31-36(28-30-49(46)56)37-27-29-44-42-21-9-12-24-47(42)55(50(44)32-37)39-17-5-2-6-18-39/h1-34H. The first-order valence-corrected chi connectivity index (χ1v) is 19.5. The molecule has 0 spiro atoms. The topological polar surface area (TPSA) is 23.0 Å². The Balaban J connectivity index is 1.10. The average Bonchev–Trinajstić information content (AvgIpc) is 3.94. The summed E-state index contributed by atoms with van der Waals surface area (Å²) in [7, 11) is 0. The maximum atomic E-state index is 6.68. The Morgan fingerprint density at radius 3 is 1.65 bits per heavy atom. The first-order valence-electron chi connectivity index (χ1n) is 19.5. The summed E-state index contributed by atoms with van der Waals surface area (Å²) in [6.45, 7) is 0. The number of fused-ring (bicyclic) bond motifs is 9. The Bertz CT molecular complexity index is 3510. The van der Waals surface area contributed by atoms with E-state index in [-0.39, 0.29) is 0 Å². The van der Waals surface area contributed by atoms with Crippen LogP contribution in [0.25, 0.3) is 110 Å². The molecular formula is C54H34N2O. The van der Waals surface area contributed by atoms with Crippen LogP contribution in [0.4, 0.5) is 0 Å². The second kappa shape index (κ2) is 12.5. The van der Waals surface area contributed by atoms with E-state index in [0.29, 0.717) is 0 Å². The van der Waals surface area contributed by atoms with Gasteiger partial charge in [-0.15, -0.1) is 0 Å². The van der Waals surface area contributed by atoms with Crippen molar-refractivity contribution in [3.63, 3.8) is 0 Å². The molecule has 0 N–H and O–H groups in total. The summed E-state index contributed by atoms with van der Waals surface area (Å²) in [6, 6.07) is 74.4. The van der Waals surface area contributed by atoms with Gasteiger partial charge in [-0.1, -0.05) is 146 Å². The van der Waals surface area contributed by atoms with Gasteiger partial charge in [0, 0.05) is 32.6 Å². The van der Waals surface area contributed by atoms with Crippen molar-refractivity contribution in [3.8, 4) is 44.8 Å². The van der Waals surface area contributed by atoms with Gasteiger partial charge in [0.25, 0.3) is 0 Å². The monoisotopic (exact) mass is 726 g/mol. The van der Waals surface area contributed by atoms with Crippen LogP contribution in [0.3, 0.4) is 0 Å². The lowest BCUT2D eigenvalue weighted by Crippen LogP contribution is -1.96. The van der Waals surface area contributed by atoms with Crippen molar-refractivity contribution in [1.82, 2.24) is 9.13 Å². The van der Waals surface area contributed by atoms with E-state index in [1.165, 1.54) is 60.4 Å². The van der Waals surface area contributed by atoms with Crippen LogP contribution >= 0.6 is 0 Å². The molecule has 3 nitrogen and oxygen atoms in total. The SMILES string of the molecule is c1ccc(-c2ccccc2-c2cc(-n3c4ccccc4c4cc(-c5ccc6c7ccccc7n(-c7ccccc7)c6c5)ccc43)c3c(c2)oc2ccccc23)cc1. The molecule has 9 aromatic carbocycles. The van der Waals surface area contributed by atoms with Crippen LogP contribution in [0.2, 0.25) is 0 Å². The lowest BCUT2D eigenvalue weighted by molar-refractivity contribution is 0.669. The molecule has 0 fully saturated rings. The molecule has 0 aliphatic carbocycles. The van der Waals surface area contributed by atoms with Gasteiger partial charge in [-0.05, 0) is 94.0 Å². The fraction of sp³-hybridized carbons (Fsp3) is 0. The van der Waals surface area contributed by atoms with E-state index < -0.39 is 0 Å². The molecule has 3 heterocycles. The third kappa shape index (κ3) is 4.86. The van der Waals surface area contributed by atoms with Crippen molar-refractivity contribution in [2.24, 2.45) is 0 Å². The number of aromatic nitrogens is 2. The number of furan rings is 1. The molecule has 0 atom stereocenters. The summed E-state index contributed by atoms with van der Waals surface area (Å²) in [6.07, 6.45) is 0. The molecule has 0 aliphatic heterocycles. The second-order valence-corrected chi connectivity index (χ2v) is 14.9. The van der Waals surface area contributed by atoms with Crippen LogP contribution in [0, 0.1) is 0 Å². The molecule has 12 aromatic rings. The third-order valence-electron chi connectivity index (χ3n) is 11.7. The molecular weight excluding hydrogens is 693 g/mol. The summed E-state index contributed by atoms with van der Waals surface area (Å²) in [5.74, 6) is 0. The number of hydrogen-bond donors (Lipinski definition) is 0. The van der Waals surface area contributed by atoms with Crippen LogP contribution < -0.4 is 0 Å². The zero-order valence-electron chi connectivity index (χ0n) is 30.9. The smallest absolute Gasteiger partial charge is 0.138 e. The van der Waals surface area contributed by atoms with Crippen LogP contribution in [-0.2, 0) is 0 Å². The van der Waals surface area contributed by atoms with E-state index in [0.717, 1.165) is 49.9 Å². The zero-order valence-corrected chi connectivity index (χ0v) is 30.9. The largest absolute Gasteiger partial charge is 0.456 e. The van der Waals surface area contributed by atoms with E-state index in [1.807, 2.05) is 0 Å². The van der Waals surface area contributed by atoms with Crippen molar-refractivity contribution in [2.45, 2.75) is 0 Å². The highest BCUT2D eigenvalue weighted by Gasteiger charge is 2.21. The van der Waals surface area contributed by atoms with Crippen LogP contribution in [0.1, 0.15) is 0 Å². The minimum atomic E-state index is 0.872. The van der Waals surface area contributed by atoms with Gasteiger partial charge in [-0.2, -0.15) is 0 Å².